The van der Waals surface area contributed by atoms with Crippen LogP contribution in [0.5, 0.6) is 0 Å². The number of carbonyl (C=O) groups is 1. The number of benzene rings is 6. The maximum Gasteiger partial charge on any atom is 1.00 e. The van der Waals surface area contributed by atoms with Gasteiger partial charge in [-0.25, -0.2) is 9.97 Å². The van der Waals surface area contributed by atoms with E-state index in [9.17, 15) is 4.79 Å². The molecule has 0 aliphatic heterocycles. The van der Waals surface area contributed by atoms with Gasteiger partial charge in [-0.2, -0.15) is 0 Å². The van der Waals surface area contributed by atoms with Crippen molar-refractivity contribution in [3.05, 3.63) is 201 Å². The number of hydrogen-bond donors (Lipinski definition) is 3. The second kappa shape index (κ2) is 30.2. The number of carbonyl (C=O) groups excluding carboxylic acids is 1. The molecule has 1 aromatic heterocycles. The number of amidine groups is 1. The van der Waals surface area contributed by atoms with Crippen LogP contribution in [0.15, 0.2) is 185 Å². The Bertz CT molecular complexity index is 2270. The number of nitrogens with two attached hydrogens (primary N) is 1. The average molecular weight is 1250 g/mol. The Morgan fingerprint density at radius 2 is 0.869 bits per heavy atom. The molecule has 0 atom stereocenters. The normalized spacial score (nSPS) is 9.77. The molecule has 5 N–H and O–H groups in total. The van der Waals surface area contributed by atoms with E-state index in [1.54, 1.807) is 37.3 Å². The molecule has 0 saturated carbocycles. The second-order valence-corrected chi connectivity index (χ2v) is 17.5. The minimum atomic E-state index is 0. The number of nitrogen functional groups attached to an aromatic ring is 1. The van der Waals surface area contributed by atoms with Crippen molar-refractivity contribution in [1.82, 2.24) is 9.97 Å². The molecule has 7 aromatic rings. The number of aromatic nitrogens is 2. The van der Waals surface area contributed by atoms with Crippen molar-refractivity contribution in [2.45, 2.75) is 6.92 Å². The second-order valence-electron chi connectivity index (χ2n) is 12.0. The summed E-state index contributed by atoms with van der Waals surface area (Å²) >= 11 is 20.5. The van der Waals surface area contributed by atoms with E-state index < -0.39 is 0 Å². The maximum atomic E-state index is 11.9. The van der Waals surface area contributed by atoms with Crippen LogP contribution < -0.4 is 57.1 Å². The molecule has 0 spiro atoms. The first kappa shape index (κ1) is 57.0. The van der Waals surface area contributed by atoms with Gasteiger partial charge in [-0.15, -0.1) is 12.4 Å². The number of aliphatic hydroxyl groups excluding tert-OH is 1. The summed E-state index contributed by atoms with van der Waals surface area (Å²) in [5.41, 5.74) is 12.6. The summed E-state index contributed by atoms with van der Waals surface area (Å²) in [6.07, 6.45) is 3.41. The number of halogens is 7. The zero-order valence-electron chi connectivity index (χ0n) is 32.7. The fraction of sp³-hybridized carbons (Fsp3) is 0.0435. The minimum absolute atomic E-state index is 0. The Labute approximate surface area is 455 Å². The van der Waals surface area contributed by atoms with Crippen molar-refractivity contribution in [1.29, 1.82) is 5.41 Å². The van der Waals surface area contributed by atoms with Crippen LogP contribution in [0.2, 0.25) is 0 Å². The van der Waals surface area contributed by atoms with Crippen molar-refractivity contribution in [3.63, 3.8) is 0 Å². The smallest absolute Gasteiger partial charge is 0.870 e. The molecule has 15 heteroatoms. The number of allylic oxidation sites excluding steroid dienone is 1. The van der Waals surface area contributed by atoms with E-state index in [-0.39, 0.29) is 87.5 Å². The van der Waals surface area contributed by atoms with Gasteiger partial charge < -0.3 is 16.3 Å². The summed E-state index contributed by atoms with van der Waals surface area (Å²) in [6.45, 7) is 1.93. The third-order valence-electron chi connectivity index (χ3n) is 7.69. The molecule has 0 saturated heterocycles. The van der Waals surface area contributed by atoms with Crippen LogP contribution in [-0.2, 0) is 0 Å². The molecule has 7 nitrogen and oxygen atoms in total. The fourth-order valence-electron chi connectivity index (χ4n) is 4.80. The summed E-state index contributed by atoms with van der Waals surface area (Å²) in [4.78, 5) is 21.5. The number of nitrogens with zero attached hydrogens (tertiary/aromatic N) is 2. The van der Waals surface area contributed by atoms with E-state index >= 15 is 0 Å². The molecule has 0 unspecified atom stereocenters. The summed E-state index contributed by atoms with van der Waals surface area (Å²) in [7, 11) is 0. The largest absolute Gasteiger partial charge is 1.00 e. The van der Waals surface area contributed by atoms with Gasteiger partial charge in [-0.1, -0.05) is 162 Å². The van der Waals surface area contributed by atoms with E-state index in [2.05, 4.69) is 120 Å². The van der Waals surface area contributed by atoms with Crippen LogP contribution >= 0.6 is 108 Å². The Balaban J connectivity index is 0.000000474. The minimum Gasteiger partial charge on any atom is -0.870 e. The number of ketones is 1. The average Bonchev–Trinajstić information content (AvgIpc) is 3.22. The van der Waals surface area contributed by atoms with Crippen molar-refractivity contribution < 1.29 is 66.8 Å². The predicted molar refractivity (Wildman–Crippen MR) is 270 cm³/mol. The van der Waals surface area contributed by atoms with E-state index in [1.165, 1.54) is 0 Å². The quantitative estimate of drug-likeness (QED) is 0.0477. The van der Waals surface area contributed by atoms with E-state index in [1.807, 2.05) is 109 Å². The molecule has 0 aliphatic carbocycles. The molecule has 0 fully saturated rings. The Morgan fingerprint density at radius 1 is 0.574 bits per heavy atom. The summed E-state index contributed by atoms with van der Waals surface area (Å²) in [5, 5.41) is 14.6. The van der Waals surface area contributed by atoms with Crippen LogP contribution in [0.25, 0.3) is 40.0 Å². The van der Waals surface area contributed by atoms with Gasteiger partial charge in [0.25, 0.3) is 0 Å². The Kier molecular flexibility index (Phi) is 28.2. The van der Waals surface area contributed by atoms with Gasteiger partial charge in [0.15, 0.2) is 11.6 Å². The summed E-state index contributed by atoms with van der Waals surface area (Å²) in [5.74, 6) is 0.818. The monoisotopic (exact) mass is 1240 g/mol. The molecule has 7 rings (SSSR count). The molecule has 0 radical (unpaired) electrons. The van der Waals surface area contributed by atoms with Gasteiger partial charge in [-0.3, -0.25) is 10.2 Å². The van der Waals surface area contributed by atoms with Crippen molar-refractivity contribution in [2.75, 3.05) is 6.61 Å². The SMILES string of the molecule is Brc1ccc(-c2cc(-c3ccc(Br)cc3)nc(-c3ccc(Br)cc3)n2)cc1.CCO.Cl.N=C(N)c1ccc(Br)cc1.O=C(/C=C/c1ccc(Br)cc1)c1ccc(Br)cc1.[K+].[OH-]. The van der Waals surface area contributed by atoms with Crippen molar-refractivity contribution in [2.24, 2.45) is 5.73 Å². The number of hydrogen-bond acceptors (Lipinski definition) is 6. The number of aliphatic hydroxyl groups is 1. The number of rotatable bonds is 7. The Morgan fingerprint density at radius 3 is 1.21 bits per heavy atom. The first-order valence-corrected chi connectivity index (χ1v) is 22.2. The van der Waals surface area contributed by atoms with Gasteiger partial charge in [0.2, 0.25) is 0 Å². The van der Waals surface area contributed by atoms with Gasteiger partial charge in [0.05, 0.1) is 11.4 Å². The van der Waals surface area contributed by atoms with E-state index in [4.69, 9.17) is 26.2 Å². The summed E-state index contributed by atoms with van der Waals surface area (Å²) < 4.78 is 6.11. The third kappa shape index (κ3) is 20.2. The zero-order chi connectivity index (χ0) is 42.0. The van der Waals surface area contributed by atoms with Crippen LogP contribution in [0, 0.1) is 5.41 Å². The van der Waals surface area contributed by atoms with Crippen LogP contribution in [0.3, 0.4) is 0 Å². The molecule has 6 aromatic carbocycles. The van der Waals surface area contributed by atoms with Gasteiger partial charge in [-0.05, 0) is 110 Å². The Hall–Kier alpha value is -1.99. The predicted octanol–water partition coefficient (Wildman–Crippen LogP) is 11.9. The molecular weight excluding hydrogens is 1210 g/mol. The van der Waals surface area contributed by atoms with E-state index in [0.717, 1.165) is 66.0 Å². The molecule has 0 amide bonds. The fourth-order valence-corrected chi connectivity index (χ4v) is 6.38. The van der Waals surface area contributed by atoms with Gasteiger partial charge in [0.1, 0.15) is 5.84 Å². The molecule has 1 heterocycles. The van der Waals surface area contributed by atoms with Gasteiger partial charge >= 0.3 is 51.4 Å². The van der Waals surface area contributed by atoms with Crippen molar-refractivity contribution in [3.8, 4) is 33.9 Å². The zero-order valence-corrected chi connectivity index (χ0v) is 46.2. The first-order chi connectivity index (χ1) is 27.8. The third-order valence-corrected chi connectivity index (χ3v) is 10.9. The molecule has 0 bridgehead atoms. The number of nitrogens with one attached hydrogen (secondary N) is 1. The van der Waals surface area contributed by atoms with E-state index in [0.29, 0.717) is 11.4 Å². The standard InChI is InChI=1S/C22H13Br3N2.C15H10Br2O.C7H7BrN2.C2H6O.ClH.K.H2O/c23-17-7-1-14(2-8-17)20-13-21(15-3-9-18(24)10-4-15)27-22(26-20)16-5-11-19(25)12-6-16;16-13-6-1-11(2-7-13)3-10-15(18)12-4-8-14(17)9-5-12;8-6-3-1-5(2-4-6)7(9)10;1-2-3;;;/h1-13H;1-10H;1-4H,(H3,9,10);3H,2H2,1H3;1H;;1H2/q;;;;;+1;/p-1/b;10-3+;;;;;. The topological polar surface area (TPSA) is 143 Å². The maximum absolute atomic E-state index is 11.9. The summed E-state index contributed by atoms with van der Waals surface area (Å²) in [6, 6.07) is 48.9. The van der Waals surface area contributed by atoms with Crippen LogP contribution in [-0.4, -0.2) is 38.8 Å². The van der Waals surface area contributed by atoms with Crippen LogP contribution in [0.4, 0.5) is 0 Å². The molecule has 310 valence electrons. The van der Waals surface area contributed by atoms with Crippen molar-refractivity contribution >= 4 is 126 Å². The first-order valence-electron chi connectivity index (χ1n) is 17.5. The van der Waals surface area contributed by atoms with Gasteiger partial charge in [0, 0.05) is 61.3 Å². The molecular formula is C46H38Br6ClKN4O3. The van der Waals surface area contributed by atoms with Crippen LogP contribution in [0.1, 0.15) is 28.4 Å². The molecule has 61 heavy (non-hydrogen) atoms. The molecule has 0 aliphatic rings.